The molecule has 0 amide bonds. The van der Waals surface area contributed by atoms with Gasteiger partial charge in [0.1, 0.15) is 5.54 Å². The molecule has 0 fully saturated rings. The average Bonchev–Trinajstić information content (AvgIpc) is 3.94. The topological polar surface area (TPSA) is 8.17 Å². The van der Waals surface area contributed by atoms with Crippen LogP contribution >= 0.6 is 11.3 Å². The SMILES string of the molecule is c1ccc(-c2ccc(N(c3ccc4c(c3)c3ccccc3n4C3(c4ccccc4)c4ccccc4-c4ccccc43)c3cccc4sc5ccccc5c34)cc2)cc1. The van der Waals surface area contributed by atoms with Gasteiger partial charge in [0, 0.05) is 42.3 Å². The largest absolute Gasteiger partial charge is 0.322 e. The highest BCUT2D eigenvalue weighted by Crippen LogP contribution is 2.56. The molecule has 0 saturated heterocycles. The number of anilines is 3. The quantitative estimate of drug-likeness (QED) is 0.164. The maximum absolute atomic E-state index is 2.63. The van der Waals surface area contributed by atoms with Gasteiger partial charge in [-0.25, -0.2) is 0 Å². The van der Waals surface area contributed by atoms with Crippen molar-refractivity contribution in [2.75, 3.05) is 4.90 Å². The van der Waals surface area contributed by atoms with Crippen LogP contribution in [0.15, 0.2) is 218 Å². The van der Waals surface area contributed by atoms with Crippen molar-refractivity contribution in [1.29, 1.82) is 0 Å². The van der Waals surface area contributed by atoms with Crippen molar-refractivity contribution < 1.29 is 0 Å². The molecular weight excluding hydrogens is 721 g/mol. The number of hydrogen-bond donors (Lipinski definition) is 0. The third kappa shape index (κ3) is 4.71. The molecule has 0 aliphatic heterocycles. The van der Waals surface area contributed by atoms with E-state index in [2.05, 4.69) is 228 Å². The Balaban J connectivity index is 1.15. The minimum atomic E-state index is -0.592. The lowest BCUT2D eigenvalue weighted by molar-refractivity contribution is 0.564. The van der Waals surface area contributed by atoms with Crippen LogP contribution in [0.25, 0.3) is 64.2 Å². The van der Waals surface area contributed by atoms with Crippen LogP contribution in [0.5, 0.6) is 0 Å². The number of hydrogen-bond acceptors (Lipinski definition) is 2. The minimum Gasteiger partial charge on any atom is -0.322 e. The Bertz CT molecular complexity index is 3290. The highest BCUT2D eigenvalue weighted by atomic mass is 32.1. The molecule has 2 aromatic heterocycles. The van der Waals surface area contributed by atoms with Crippen LogP contribution in [-0.4, -0.2) is 4.57 Å². The molecule has 0 atom stereocenters. The van der Waals surface area contributed by atoms with Crippen molar-refractivity contribution in [1.82, 2.24) is 4.57 Å². The Labute approximate surface area is 341 Å². The summed E-state index contributed by atoms with van der Waals surface area (Å²) in [5, 5.41) is 5.01. The summed E-state index contributed by atoms with van der Waals surface area (Å²) in [4.78, 5) is 2.47. The first kappa shape index (κ1) is 33.0. The zero-order valence-electron chi connectivity index (χ0n) is 31.6. The number of rotatable bonds is 6. The van der Waals surface area contributed by atoms with Crippen LogP contribution < -0.4 is 4.90 Å². The van der Waals surface area contributed by atoms with Crippen molar-refractivity contribution in [2.24, 2.45) is 0 Å². The second-order valence-electron chi connectivity index (χ2n) is 15.2. The first-order chi connectivity index (χ1) is 28.8. The summed E-state index contributed by atoms with van der Waals surface area (Å²) in [6, 6.07) is 80.5. The molecule has 1 aliphatic rings. The molecule has 9 aromatic carbocycles. The van der Waals surface area contributed by atoms with Crippen molar-refractivity contribution in [3.8, 4) is 22.3 Å². The predicted octanol–water partition coefficient (Wildman–Crippen LogP) is 15.1. The zero-order chi connectivity index (χ0) is 38.2. The molecular formula is C55H36N2S. The summed E-state index contributed by atoms with van der Waals surface area (Å²) >= 11 is 1.86. The molecule has 11 aromatic rings. The van der Waals surface area contributed by atoms with Gasteiger partial charge in [-0.05, 0) is 93.5 Å². The summed E-state index contributed by atoms with van der Waals surface area (Å²) in [7, 11) is 0. The second-order valence-corrected chi connectivity index (χ2v) is 16.3. The van der Waals surface area contributed by atoms with Crippen molar-refractivity contribution in [3.05, 3.63) is 235 Å². The van der Waals surface area contributed by atoms with E-state index in [0.29, 0.717) is 0 Å². The van der Waals surface area contributed by atoms with E-state index in [4.69, 9.17) is 0 Å². The molecule has 0 radical (unpaired) electrons. The fourth-order valence-electron chi connectivity index (χ4n) is 9.84. The summed E-state index contributed by atoms with van der Waals surface area (Å²) < 4.78 is 5.21. The van der Waals surface area contributed by atoms with Crippen molar-refractivity contribution >= 4 is 70.4 Å². The predicted molar refractivity (Wildman–Crippen MR) is 246 cm³/mol. The molecule has 2 nitrogen and oxygen atoms in total. The van der Waals surface area contributed by atoms with E-state index in [1.165, 1.54) is 86.6 Å². The van der Waals surface area contributed by atoms with Crippen molar-refractivity contribution in [2.45, 2.75) is 5.54 Å². The molecule has 2 heterocycles. The minimum absolute atomic E-state index is 0.592. The van der Waals surface area contributed by atoms with Gasteiger partial charge in [-0.2, -0.15) is 0 Å². The number of nitrogens with zero attached hydrogens (tertiary/aromatic N) is 2. The van der Waals surface area contributed by atoms with Crippen LogP contribution in [0.1, 0.15) is 16.7 Å². The fourth-order valence-corrected chi connectivity index (χ4v) is 11.0. The van der Waals surface area contributed by atoms with Gasteiger partial charge < -0.3 is 9.47 Å². The maximum atomic E-state index is 2.63. The lowest BCUT2D eigenvalue weighted by atomic mass is 9.80. The lowest BCUT2D eigenvalue weighted by Gasteiger charge is -2.36. The number of benzene rings is 9. The number of fused-ring (bicyclic) bond motifs is 9. The van der Waals surface area contributed by atoms with Gasteiger partial charge in [-0.3, -0.25) is 0 Å². The smallest absolute Gasteiger partial charge is 0.122 e. The van der Waals surface area contributed by atoms with Gasteiger partial charge in [-0.15, -0.1) is 11.3 Å². The molecule has 3 heteroatoms. The first-order valence-electron chi connectivity index (χ1n) is 19.9. The lowest BCUT2D eigenvalue weighted by Crippen LogP contribution is -2.35. The summed E-state index contributed by atoms with van der Waals surface area (Å²) in [5.41, 5.74) is 14.0. The molecule has 0 N–H and O–H groups in total. The Kier molecular flexibility index (Phi) is 7.35. The number of aromatic nitrogens is 1. The van der Waals surface area contributed by atoms with Gasteiger partial charge in [0.05, 0.1) is 16.7 Å². The molecule has 58 heavy (non-hydrogen) atoms. The molecule has 12 rings (SSSR count). The van der Waals surface area contributed by atoms with Crippen LogP contribution in [0.3, 0.4) is 0 Å². The number of thiophene rings is 1. The van der Waals surface area contributed by atoms with Crippen LogP contribution in [-0.2, 0) is 5.54 Å². The Morgan fingerprint density at radius 2 is 0.966 bits per heavy atom. The van der Waals surface area contributed by atoms with Gasteiger partial charge >= 0.3 is 0 Å². The molecule has 0 saturated carbocycles. The van der Waals surface area contributed by atoms with E-state index in [1.54, 1.807) is 0 Å². The van der Waals surface area contributed by atoms with Crippen LogP contribution in [0.2, 0.25) is 0 Å². The summed E-state index contributed by atoms with van der Waals surface area (Å²) in [6.45, 7) is 0. The zero-order valence-corrected chi connectivity index (χ0v) is 32.4. The Morgan fingerprint density at radius 3 is 1.72 bits per heavy atom. The standard InChI is InChI=1S/C55H36N2S/c1-3-16-37(17-4-1)38-30-32-40(33-31-38)56(51-27-15-29-53-54(51)45-23-10-14-28-52(45)58-53)41-34-35-50-46(36-41)44-22-9-13-26-49(44)57(50)55(39-18-5-2-6-19-39)47-24-11-7-20-42(47)43-21-8-12-25-48(43)55/h1-36H. The molecule has 0 spiro atoms. The van der Waals surface area contributed by atoms with Crippen LogP contribution in [0, 0.1) is 0 Å². The van der Waals surface area contributed by atoms with E-state index in [1.807, 2.05) is 11.3 Å². The van der Waals surface area contributed by atoms with E-state index in [0.717, 1.165) is 11.4 Å². The molecule has 1 aliphatic carbocycles. The molecule has 0 bridgehead atoms. The third-order valence-corrected chi connectivity index (χ3v) is 13.4. The Morgan fingerprint density at radius 1 is 0.397 bits per heavy atom. The van der Waals surface area contributed by atoms with E-state index >= 15 is 0 Å². The third-order valence-electron chi connectivity index (χ3n) is 12.2. The average molecular weight is 757 g/mol. The van der Waals surface area contributed by atoms with Gasteiger partial charge in [0.2, 0.25) is 0 Å². The van der Waals surface area contributed by atoms with Gasteiger partial charge in [-0.1, -0.05) is 164 Å². The van der Waals surface area contributed by atoms with E-state index in [-0.39, 0.29) is 0 Å². The number of para-hydroxylation sites is 1. The first-order valence-corrected chi connectivity index (χ1v) is 20.8. The fraction of sp³-hybridized carbons (Fsp3) is 0.0182. The van der Waals surface area contributed by atoms with E-state index < -0.39 is 5.54 Å². The van der Waals surface area contributed by atoms with Gasteiger partial charge in [0.15, 0.2) is 0 Å². The van der Waals surface area contributed by atoms with Crippen molar-refractivity contribution in [3.63, 3.8) is 0 Å². The van der Waals surface area contributed by atoms with E-state index in [9.17, 15) is 0 Å². The summed E-state index contributed by atoms with van der Waals surface area (Å²) in [5.74, 6) is 0. The molecule has 272 valence electrons. The maximum Gasteiger partial charge on any atom is 0.122 e. The van der Waals surface area contributed by atoms with Crippen LogP contribution in [0.4, 0.5) is 17.1 Å². The highest BCUT2D eigenvalue weighted by molar-refractivity contribution is 7.26. The molecule has 0 unspecified atom stereocenters. The summed E-state index contributed by atoms with van der Waals surface area (Å²) in [6.07, 6.45) is 0. The second kappa shape index (κ2) is 12.9. The normalized spacial score (nSPS) is 13.0. The monoisotopic (exact) mass is 756 g/mol. The highest BCUT2D eigenvalue weighted by Gasteiger charge is 2.47. The van der Waals surface area contributed by atoms with Gasteiger partial charge in [0.25, 0.3) is 0 Å². The Hall–Kier alpha value is -7.20.